The Balaban J connectivity index is 2.78. The van der Waals surface area contributed by atoms with Gasteiger partial charge in [-0.25, -0.2) is 0 Å². The van der Waals surface area contributed by atoms with Gasteiger partial charge in [0.05, 0.1) is 12.0 Å². The Morgan fingerprint density at radius 1 is 1.30 bits per heavy atom. The van der Waals surface area contributed by atoms with Gasteiger partial charge in [0.15, 0.2) is 0 Å². The molecule has 0 radical (unpaired) electrons. The number of halogens is 3. The van der Waals surface area contributed by atoms with E-state index in [1.807, 2.05) is 0 Å². The molecule has 0 amide bonds. The highest BCUT2D eigenvalue weighted by molar-refractivity contribution is 9.10. The fraction of sp³-hybridized carbons (Fsp3) is 1.00. The van der Waals surface area contributed by atoms with Gasteiger partial charge in [-0.3, -0.25) is 0 Å². The molecule has 0 nitrogen and oxygen atoms in total. The number of alkyl halides is 3. The summed E-state index contributed by atoms with van der Waals surface area (Å²) >= 11 is 15.6. The summed E-state index contributed by atoms with van der Waals surface area (Å²) in [7, 11) is -1.23. The molecule has 0 spiro atoms. The SMILES string of the molecule is C[Si](C)(C)C1(Br)CC1(Cl)Cl. The topological polar surface area (TPSA) is 0 Å². The summed E-state index contributed by atoms with van der Waals surface area (Å²) in [6.45, 7) is 6.82. The van der Waals surface area contributed by atoms with Crippen molar-refractivity contribution < 1.29 is 0 Å². The summed E-state index contributed by atoms with van der Waals surface area (Å²) in [6.07, 6.45) is 0.902. The van der Waals surface area contributed by atoms with Gasteiger partial charge in [-0.05, 0) is 6.42 Å². The van der Waals surface area contributed by atoms with Gasteiger partial charge in [-0.15, -0.1) is 23.2 Å². The third-order valence-corrected chi connectivity index (χ3v) is 11.3. The average molecular weight is 262 g/mol. The summed E-state index contributed by atoms with van der Waals surface area (Å²) in [4.78, 5) is 0. The summed E-state index contributed by atoms with van der Waals surface area (Å²) in [6, 6.07) is 0. The van der Waals surface area contributed by atoms with Gasteiger partial charge in [0.25, 0.3) is 0 Å². The largest absolute Gasteiger partial charge is 0.132 e. The van der Waals surface area contributed by atoms with E-state index in [1.165, 1.54) is 0 Å². The van der Waals surface area contributed by atoms with Crippen molar-refractivity contribution >= 4 is 47.2 Å². The van der Waals surface area contributed by atoms with E-state index < -0.39 is 12.4 Å². The third kappa shape index (κ3) is 1.17. The van der Waals surface area contributed by atoms with Crippen molar-refractivity contribution in [1.82, 2.24) is 0 Å². The predicted molar refractivity (Wildman–Crippen MR) is 54.1 cm³/mol. The van der Waals surface area contributed by atoms with Crippen LogP contribution < -0.4 is 0 Å². The van der Waals surface area contributed by atoms with Crippen LogP contribution in [-0.2, 0) is 0 Å². The standard InChI is InChI=1S/C6H11BrCl2Si/c1-10(2,3)5(7)4-6(5,8)9/h4H2,1-3H3. The van der Waals surface area contributed by atoms with Crippen LogP contribution in [-0.4, -0.2) is 16.4 Å². The quantitative estimate of drug-likeness (QED) is 0.500. The second-order valence-electron chi connectivity index (χ2n) is 3.93. The van der Waals surface area contributed by atoms with Crippen molar-refractivity contribution in [2.75, 3.05) is 0 Å². The lowest BCUT2D eigenvalue weighted by Gasteiger charge is -2.24. The van der Waals surface area contributed by atoms with Crippen molar-refractivity contribution in [3.8, 4) is 0 Å². The lowest BCUT2D eigenvalue weighted by atomic mass is 10.9. The van der Waals surface area contributed by atoms with Crippen molar-refractivity contribution in [3.05, 3.63) is 0 Å². The van der Waals surface area contributed by atoms with Gasteiger partial charge in [0.1, 0.15) is 4.33 Å². The van der Waals surface area contributed by atoms with Crippen molar-refractivity contribution in [3.63, 3.8) is 0 Å². The second-order valence-corrected chi connectivity index (χ2v) is 12.9. The van der Waals surface area contributed by atoms with E-state index in [0.717, 1.165) is 6.42 Å². The molecule has 4 heteroatoms. The highest BCUT2D eigenvalue weighted by Gasteiger charge is 2.70. The van der Waals surface area contributed by atoms with Crippen LogP contribution in [0.25, 0.3) is 0 Å². The third-order valence-electron chi connectivity index (χ3n) is 2.11. The molecule has 1 aliphatic rings. The summed E-state index contributed by atoms with van der Waals surface area (Å²) in [5, 5.41) is 0. The van der Waals surface area contributed by atoms with Crippen LogP contribution in [0.3, 0.4) is 0 Å². The van der Waals surface area contributed by atoms with Gasteiger partial charge in [0.2, 0.25) is 0 Å². The Kier molecular flexibility index (Phi) is 2.01. The maximum absolute atomic E-state index is 5.99. The van der Waals surface area contributed by atoms with Crippen molar-refractivity contribution in [1.29, 1.82) is 0 Å². The van der Waals surface area contributed by atoms with E-state index in [0.29, 0.717) is 0 Å². The zero-order chi connectivity index (χ0) is 8.21. The van der Waals surface area contributed by atoms with Crippen LogP contribution in [0.2, 0.25) is 19.6 Å². The number of hydrogen-bond acceptors (Lipinski definition) is 0. The van der Waals surface area contributed by atoms with Gasteiger partial charge in [-0.1, -0.05) is 35.6 Å². The highest BCUT2D eigenvalue weighted by Crippen LogP contribution is 2.66. The molecule has 1 rings (SSSR count). The first-order valence-electron chi connectivity index (χ1n) is 3.27. The molecule has 0 saturated heterocycles. The van der Waals surface area contributed by atoms with Crippen molar-refractivity contribution in [2.24, 2.45) is 0 Å². The van der Waals surface area contributed by atoms with Gasteiger partial charge in [-0.2, -0.15) is 0 Å². The predicted octanol–water partition coefficient (Wildman–Crippen LogP) is 3.58. The Morgan fingerprint density at radius 3 is 1.60 bits per heavy atom. The van der Waals surface area contributed by atoms with E-state index in [9.17, 15) is 0 Å². The fourth-order valence-electron chi connectivity index (χ4n) is 1.08. The molecule has 0 aromatic carbocycles. The number of rotatable bonds is 1. The van der Waals surface area contributed by atoms with E-state index in [1.54, 1.807) is 0 Å². The van der Waals surface area contributed by atoms with Crippen LogP contribution >= 0.6 is 39.1 Å². The van der Waals surface area contributed by atoms with E-state index in [-0.39, 0.29) is 3.95 Å². The first-order chi connectivity index (χ1) is 4.21. The first kappa shape index (κ1) is 9.37. The zero-order valence-electron chi connectivity index (χ0n) is 6.34. The molecule has 0 heterocycles. The smallest absolute Gasteiger partial charge is 0.100 e. The van der Waals surface area contributed by atoms with Gasteiger partial charge < -0.3 is 0 Å². The summed E-state index contributed by atoms with van der Waals surface area (Å²) in [5.74, 6) is 0. The summed E-state index contributed by atoms with van der Waals surface area (Å²) in [5.41, 5.74) is 0. The van der Waals surface area contributed by atoms with Crippen molar-refractivity contribution in [2.45, 2.75) is 34.3 Å². The molecule has 1 aliphatic carbocycles. The molecule has 10 heavy (non-hydrogen) atoms. The van der Waals surface area contributed by atoms with Gasteiger partial charge in [0, 0.05) is 0 Å². The highest BCUT2D eigenvalue weighted by atomic mass is 79.9. The molecule has 0 N–H and O–H groups in total. The van der Waals surface area contributed by atoms with Crippen LogP contribution in [0.1, 0.15) is 6.42 Å². The van der Waals surface area contributed by atoms with Gasteiger partial charge >= 0.3 is 0 Å². The van der Waals surface area contributed by atoms with Crippen LogP contribution in [0, 0.1) is 0 Å². The average Bonchev–Trinajstić information content (AvgIpc) is 2.05. The monoisotopic (exact) mass is 260 g/mol. The Hall–Kier alpha value is 1.28. The van der Waals surface area contributed by atoms with Crippen LogP contribution in [0.15, 0.2) is 0 Å². The lowest BCUT2D eigenvalue weighted by Crippen LogP contribution is -2.39. The lowest BCUT2D eigenvalue weighted by molar-refractivity contribution is 1.24. The Bertz CT molecular complexity index is 164. The maximum Gasteiger partial charge on any atom is 0.132 e. The molecule has 1 fully saturated rings. The van der Waals surface area contributed by atoms with Crippen LogP contribution in [0.4, 0.5) is 0 Å². The maximum atomic E-state index is 5.99. The molecule has 60 valence electrons. The molecule has 1 unspecified atom stereocenters. The second kappa shape index (κ2) is 2.15. The fourth-order valence-corrected chi connectivity index (χ4v) is 6.04. The Labute approximate surface area is 81.4 Å². The minimum Gasteiger partial charge on any atom is -0.100 e. The van der Waals surface area contributed by atoms with E-state index >= 15 is 0 Å². The molecular formula is C6H11BrCl2Si. The molecule has 1 atom stereocenters. The van der Waals surface area contributed by atoms with Crippen LogP contribution in [0.5, 0.6) is 0 Å². The first-order valence-corrected chi connectivity index (χ1v) is 8.32. The zero-order valence-corrected chi connectivity index (χ0v) is 10.4. The van der Waals surface area contributed by atoms with E-state index in [4.69, 9.17) is 23.2 Å². The molecule has 1 saturated carbocycles. The molecule has 0 aromatic rings. The summed E-state index contributed by atoms with van der Waals surface area (Å²) < 4.78 is -0.423. The molecule has 0 bridgehead atoms. The minimum atomic E-state index is -1.23. The molecule has 0 aromatic heterocycles. The molecule has 0 aliphatic heterocycles. The molecular weight excluding hydrogens is 251 g/mol. The normalized spacial score (nSPS) is 37.8. The van der Waals surface area contributed by atoms with E-state index in [2.05, 4.69) is 35.6 Å². The minimum absolute atomic E-state index is 0.0656. The Morgan fingerprint density at radius 2 is 1.60 bits per heavy atom. The number of hydrogen-bond donors (Lipinski definition) is 0.